The van der Waals surface area contributed by atoms with Crippen LogP contribution >= 0.6 is 11.6 Å². The van der Waals surface area contributed by atoms with Gasteiger partial charge < -0.3 is 0 Å². The van der Waals surface area contributed by atoms with Crippen molar-refractivity contribution < 1.29 is 0 Å². The van der Waals surface area contributed by atoms with E-state index in [1.807, 2.05) is 36.4 Å². The predicted octanol–water partition coefficient (Wildman–Crippen LogP) is 3.31. The van der Waals surface area contributed by atoms with E-state index in [4.69, 9.17) is 11.6 Å². The second kappa shape index (κ2) is 4.12. The molecule has 0 saturated heterocycles. The molecule has 0 N–H and O–H groups in total. The number of aromatic nitrogens is 2. The van der Waals surface area contributed by atoms with E-state index in [0.717, 1.165) is 16.3 Å². The van der Waals surface area contributed by atoms with E-state index in [2.05, 4.69) is 0 Å². The standard InChI is InChI=1S/C18H9ClN2O2/c19-12-5-6-15-14(9-12)18(23)21-17(22)13-7-10-3-1-2-4-11(10)8-16(13)20(15)21/h1-9H. The average Bonchev–Trinajstić information content (AvgIpc) is 3.00. The fourth-order valence-electron chi connectivity index (χ4n) is 3.29. The molecule has 0 atom stereocenters. The van der Waals surface area contributed by atoms with Gasteiger partial charge in [-0.3, -0.25) is 9.59 Å². The Kier molecular flexibility index (Phi) is 2.27. The Morgan fingerprint density at radius 1 is 0.696 bits per heavy atom. The van der Waals surface area contributed by atoms with Crippen LogP contribution in [0.4, 0.5) is 0 Å². The van der Waals surface area contributed by atoms with Crippen LogP contribution in [0.2, 0.25) is 5.02 Å². The van der Waals surface area contributed by atoms with Crippen molar-refractivity contribution in [1.29, 1.82) is 0 Å². The first-order chi connectivity index (χ1) is 11.1. The van der Waals surface area contributed by atoms with Crippen LogP contribution in [0.15, 0.2) is 64.2 Å². The van der Waals surface area contributed by atoms with Gasteiger partial charge in [0.25, 0.3) is 11.1 Å². The van der Waals surface area contributed by atoms with Gasteiger partial charge in [-0.25, -0.2) is 4.52 Å². The van der Waals surface area contributed by atoms with Crippen molar-refractivity contribution in [2.45, 2.75) is 0 Å². The molecule has 0 aliphatic rings. The van der Waals surface area contributed by atoms with E-state index < -0.39 is 0 Å². The van der Waals surface area contributed by atoms with Crippen LogP contribution in [0, 0.1) is 0 Å². The topological polar surface area (TPSA) is 43.0 Å². The normalized spacial score (nSPS) is 12.0. The molecule has 5 rings (SSSR count). The molecule has 2 aromatic heterocycles. The maximum Gasteiger partial charge on any atom is 0.282 e. The molecule has 0 aliphatic carbocycles. The van der Waals surface area contributed by atoms with Crippen LogP contribution in [0.5, 0.6) is 0 Å². The lowest BCUT2D eigenvalue weighted by Gasteiger charge is -1.99. The zero-order valence-electron chi connectivity index (χ0n) is 11.8. The van der Waals surface area contributed by atoms with Gasteiger partial charge in [0.2, 0.25) is 0 Å². The lowest BCUT2D eigenvalue weighted by molar-refractivity contribution is 0.841. The molecule has 4 nitrogen and oxygen atoms in total. The monoisotopic (exact) mass is 320 g/mol. The maximum absolute atomic E-state index is 12.7. The number of fused-ring (bicyclic) bond motifs is 6. The van der Waals surface area contributed by atoms with Gasteiger partial charge in [-0.2, -0.15) is 4.52 Å². The summed E-state index contributed by atoms with van der Waals surface area (Å²) in [7, 11) is 0. The molecule has 0 aliphatic heterocycles. The van der Waals surface area contributed by atoms with Crippen molar-refractivity contribution in [2.75, 3.05) is 0 Å². The summed E-state index contributed by atoms with van der Waals surface area (Å²) >= 11 is 5.99. The number of hydrogen-bond donors (Lipinski definition) is 0. The summed E-state index contributed by atoms with van der Waals surface area (Å²) in [5.41, 5.74) is 0.765. The molecule has 0 unspecified atom stereocenters. The maximum atomic E-state index is 12.7. The van der Waals surface area contributed by atoms with Crippen molar-refractivity contribution in [3.8, 4) is 0 Å². The van der Waals surface area contributed by atoms with Crippen molar-refractivity contribution in [3.05, 3.63) is 80.3 Å². The molecule has 0 radical (unpaired) electrons. The molecular weight excluding hydrogens is 312 g/mol. The van der Waals surface area contributed by atoms with E-state index in [1.54, 1.807) is 22.7 Å². The molecule has 110 valence electrons. The van der Waals surface area contributed by atoms with Crippen LogP contribution in [0.25, 0.3) is 32.6 Å². The first kappa shape index (κ1) is 12.7. The molecule has 0 saturated carbocycles. The minimum atomic E-state index is -0.340. The summed E-state index contributed by atoms with van der Waals surface area (Å²) in [4.78, 5) is 25.3. The molecule has 2 heterocycles. The molecule has 5 heteroatoms. The van der Waals surface area contributed by atoms with Crippen LogP contribution in [0.1, 0.15) is 0 Å². The quantitative estimate of drug-likeness (QED) is 0.439. The number of hydrogen-bond acceptors (Lipinski definition) is 2. The SMILES string of the molecule is O=c1c2cc(Cl)ccc2n2c3cc4ccccc4cc3c(=O)n12. The third-order valence-electron chi connectivity index (χ3n) is 4.32. The van der Waals surface area contributed by atoms with Crippen molar-refractivity contribution in [2.24, 2.45) is 0 Å². The Labute approximate surface area is 134 Å². The van der Waals surface area contributed by atoms with Crippen molar-refractivity contribution in [1.82, 2.24) is 9.03 Å². The fourth-order valence-corrected chi connectivity index (χ4v) is 3.46. The van der Waals surface area contributed by atoms with E-state index in [9.17, 15) is 9.59 Å². The number of nitrogens with zero attached hydrogens (tertiary/aromatic N) is 2. The second-order valence-electron chi connectivity index (χ2n) is 5.61. The van der Waals surface area contributed by atoms with Gasteiger partial charge in [-0.05, 0) is 41.1 Å². The van der Waals surface area contributed by atoms with Gasteiger partial charge in [-0.1, -0.05) is 35.9 Å². The van der Waals surface area contributed by atoms with Crippen LogP contribution in [-0.2, 0) is 0 Å². The highest BCUT2D eigenvalue weighted by atomic mass is 35.5. The number of halogens is 1. The highest BCUT2D eigenvalue weighted by Gasteiger charge is 2.17. The minimum absolute atomic E-state index is 0.303. The first-order valence-electron chi connectivity index (χ1n) is 7.16. The molecule has 0 bridgehead atoms. The average molecular weight is 321 g/mol. The summed E-state index contributed by atoms with van der Waals surface area (Å²) in [6.45, 7) is 0. The van der Waals surface area contributed by atoms with Gasteiger partial charge in [0.1, 0.15) is 0 Å². The van der Waals surface area contributed by atoms with E-state index in [0.29, 0.717) is 21.3 Å². The van der Waals surface area contributed by atoms with E-state index in [-0.39, 0.29) is 11.1 Å². The Morgan fingerprint density at radius 3 is 2.09 bits per heavy atom. The third-order valence-corrected chi connectivity index (χ3v) is 4.56. The van der Waals surface area contributed by atoms with Gasteiger partial charge in [-0.15, -0.1) is 0 Å². The fraction of sp³-hybridized carbons (Fsp3) is 0. The predicted molar refractivity (Wildman–Crippen MR) is 92.1 cm³/mol. The Hall–Kier alpha value is -2.85. The summed E-state index contributed by atoms with van der Waals surface area (Å²) < 4.78 is 2.86. The smallest absolute Gasteiger partial charge is 0.267 e. The zero-order valence-corrected chi connectivity index (χ0v) is 12.5. The van der Waals surface area contributed by atoms with Gasteiger partial charge in [0.05, 0.1) is 21.8 Å². The molecular formula is C18H9ClN2O2. The first-order valence-corrected chi connectivity index (χ1v) is 7.54. The van der Waals surface area contributed by atoms with Crippen LogP contribution in [0.3, 0.4) is 0 Å². The molecule has 0 spiro atoms. The Bertz CT molecular complexity index is 1360. The summed E-state index contributed by atoms with van der Waals surface area (Å²) in [5.74, 6) is 0. The molecule has 5 aromatic rings. The molecule has 23 heavy (non-hydrogen) atoms. The highest BCUT2D eigenvalue weighted by molar-refractivity contribution is 6.31. The summed E-state index contributed by atoms with van der Waals surface area (Å²) in [6, 6.07) is 16.7. The molecule has 0 fully saturated rings. The Balaban J connectivity index is 2.16. The van der Waals surface area contributed by atoms with Crippen LogP contribution in [-0.4, -0.2) is 9.03 Å². The molecule has 3 aromatic carbocycles. The third kappa shape index (κ3) is 1.51. The van der Waals surface area contributed by atoms with E-state index >= 15 is 0 Å². The number of benzene rings is 3. The lowest BCUT2D eigenvalue weighted by Crippen LogP contribution is -2.21. The van der Waals surface area contributed by atoms with E-state index in [1.165, 1.54) is 4.52 Å². The summed E-state index contributed by atoms with van der Waals surface area (Å²) in [6.07, 6.45) is 0. The second-order valence-corrected chi connectivity index (χ2v) is 6.05. The van der Waals surface area contributed by atoms with Gasteiger partial charge in [0, 0.05) is 5.02 Å². The largest absolute Gasteiger partial charge is 0.282 e. The lowest BCUT2D eigenvalue weighted by atomic mass is 10.1. The molecule has 0 amide bonds. The van der Waals surface area contributed by atoms with Gasteiger partial charge in [0.15, 0.2) is 0 Å². The summed E-state index contributed by atoms with van der Waals surface area (Å²) in [5, 5.41) is 3.47. The minimum Gasteiger partial charge on any atom is -0.267 e. The van der Waals surface area contributed by atoms with Crippen molar-refractivity contribution in [3.63, 3.8) is 0 Å². The van der Waals surface area contributed by atoms with Crippen LogP contribution < -0.4 is 11.1 Å². The Morgan fingerprint density at radius 2 is 1.35 bits per heavy atom. The highest BCUT2D eigenvalue weighted by Crippen LogP contribution is 2.24. The van der Waals surface area contributed by atoms with Crippen molar-refractivity contribution >= 4 is 44.2 Å². The zero-order chi connectivity index (χ0) is 15.7. The van der Waals surface area contributed by atoms with Gasteiger partial charge >= 0.3 is 0 Å². The number of rotatable bonds is 0.